The molecule has 0 radical (unpaired) electrons. The molecule has 0 saturated carbocycles. The molecule has 0 fully saturated rings. The predicted molar refractivity (Wildman–Crippen MR) is 88.6 cm³/mol. The third kappa shape index (κ3) is 6.91. The summed E-state index contributed by atoms with van der Waals surface area (Å²) in [6, 6.07) is -1.09. The second-order valence-corrected chi connectivity index (χ2v) is 5.68. The van der Waals surface area contributed by atoms with E-state index >= 15 is 0 Å². The Hall–Kier alpha value is -2.22. The predicted octanol–water partition coefficient (Wildman–Crippen LogP) is 0.954. The lowest BCUT2D eigenvalue weighted by molar-refractivity contribution is -0.141. The number of imidazole rings is 1. The quantitative estimate of drug-likeness (QED) is 0.516. The van der Waals surface area contributed by atoms with Gasteiger partial charge in [-0.3, -0.25) is 14.2 Å². The number of hydrogen-bond acceptors (Lipinski definition) is 5. The number of hydrogen-bond donors (Lipinski definition) is 3. The van der Waals surface area contributed by atoms with Crippen molar-refractivity contribution in [2.75, 3.05) is 6.54 Å². The van der Waals surface area contributed by atoms with E-state index < -0.39 is 17.9 Å². The minimum Gasteiger partial charge on any atom is -0.480 e. The van der Waals surface area contributed by atoms with Crippen molar-refractivity contribution in [3.63, 3.8) is 0 Å². The van der Waals surface area contributed by atoms with Gasteiger partial charge in [-0.15, -0.1) is 0 Å². The lowest BCUT2D eigenvalue weighted by Crippen LogP contribution is -2.42. The summed E-state index contributed by atoms with van der Waals surface area (Å²) in [7, 11) is 0. The molecule has 1 aromatic heterocycles. The Morgan fingerprint density at radius 2 is 2.04 bits per heavy atom. The maximum Gasteiger partial charge on any atom is 0.326 e. The summed E-state index contributed by atoms with van der Waals surface area (Å²) < 4.78 is 1.38. The fourth-order valence-electron chi connectivity index (χ4n) is 2.24. The summed E-state index contributed by atoms with van der Waals surface area (Å²) >= 11 is 0. The SMILES string of the molecule is CCCCCCC(=O)n1cnc(C[C@H](NC(=O)CCN)C(=O)O)c1. The summed E-state index contributed by atoms with van der Waals surface area (Å²) in [4.78, 5) is 38.8. The van der Waals surface area contributed by atoms with Crippen LogP contribution < -0.4 is 11.1 Å². The van der Waals surface area contributed by atoms with E-state index in [-0.39, 0.29) is 25.3 Å². The molecule has 1 atom stereocenters. The molecule has 0 aliphatic heterocycles. The number of carboxylic acid groups (broad SMARTS) is 1. The molecule has 1 rings (SSSR count). The molecule has 1 amide bonds. The molecular formula is C16H26N4O4. The van der Waals surface area contributed by atoms with Crippen LogP contribution in [0.15, 0.2) is 12.5 Å². The highest BCUT2D eigenvalue weighted by Crippen LogP contribution is 2.07. The van der Waals surface area contributed by atoms with Gasteiger partial charge in [-0.1, -0.05) is 26.2 Å². The van der Waals surface area contributed by atoms with Crippen molar-refractivity contribution >= 4 is 17.8 Å². The van der Waals surface area contributed by atoms with E-state index in [0.29, 0.717) is 12.1 Å². The number of nitrogens with two attached hydrogens (primary N) is 1. The van der Waals surface area contributed by atoms with E-state index in [1.807, 2.05) is 0 Å². The maximum absolute atomic E-state index is 12.0. The van der Waals surface area contributed by atoms with E-state index in [9.17, 15) is 19.5 Å². The lowest BCUT2D eigenvalue weighted by atomic mass is 10.1. The maximum atomic E-state index is 12.0. The van der Waals surface area contributed by atoms with Gasteiger partial charge in [-0.2, -0.15) is 0 Å². The van der Waals surface area contributed by atoms with Crippen LogP contribution in [0.2, 0.25) is 0 Å². The number of nitrogens with one attached hydrogen (secondary N) is 1. The lowest BCUT2D eigenvalue weighted by Gasteiger charge is -2.12. The third-order valence-electron chi connectivity index (χ3n) is 3.59. The summed E-state index contributed by atoms with van der Waals surface area (Å²) in [6.07, 6.45) is 7.47. The van der Waals surface area contributed by atoms with Crippen LogP contribution >= 0.6 is 0 Å². The number of rotatable bonds is 11. The highest BCUT2D eigenvalue weighted by atomic mass is 16.4. The average molecular weight is 338 g/mol. The molecule has 0 aliphatic carbocycles. The normalized spacial score (nSPS) is 11.9. The molecule has 0 bridgehead atoms. The Morgan fingerprint density at radius 3 is 2.67 bits per heavy atom. The van der Waals surface area contributed by atoms with Crippen LogP contribution in [0.1, 0.15) is 55.9 Å². The van der Waals surface area contributed by atoms with Crippen molar-refractivity contribution in [3.8, 4) is 0 Å². The van der Waals surface area contributed by atoms with Crippen molar-refractivity contribution in [2.24, 2.45) is 5.73 Å². The fourth-order valence-corrected chi connectivity index (χ4v) is 2.24. The van der Waals surface area contributed by atoms with Crippen LogP contribution in [-0.2, 0) is 16.0 Å². The molecule has 8 nitrogen and oxygen atoms in total. The molecule has 8 heteroatoms. The van der Waals surface area contributed by atoms with Crippen LogP contribution in [0, 0.1) is 0 Å². The molecule has 4 N–H and O–H groups in total. The van der Waals surface area contributed by atoms with Crippen molar-refractivity contribution in [1.82, 2.24) is 14.9 Å². The van der Waals surface area contributed by atoms with Gasteiger partial charge in [0.1, 0.15) is 12.4 Å². The monoisotopic (exact) mass is 338 g/mol. The fraction of sp³-hybridized carbons (Fsp3) is 0.625. The molecule has 0 unspecified atom stereocenters. The zero-order valence-corrected chi connectivity index (χ0v) is 14.0. The second-order valence-electron chi connectivity index (χ2n) is 5.68. The standard InChI is InChI=1S/C16H26N4O4/c1-2-3-4-5-6-15(22)20-10-12(18-11-20)9-13(16(23)24)19-14(21)7-8-17/h10-11,13H,2-9,17H2,1H3,(H,19,21)(H,23,24)/t13-/m0/s1. The van der Waals surface area contributed by atoms with E-state index in [2.05, 4.69) is 17.2 Å². The van der Waals surface area contributed by atoms with Crippen LogP contribution in [0.25, 0.3) is 0 Å². The zero-order valence-electron chi connectivity index (χ0n) is 14.0. The van der Waals surface area contributed by atoms with E-state index in [1.54, 1.807) is 0 Å². The van der Waals surface area contributed by atoms with Gasteiger partial charge < -0.3 is 16.2 Å². The van der Waals surface area contributed by atoms with Crippen molar-refractivity contribution in [3.05, 3.63) is 18.2 Å². The summed E-state index contributed by atoms with van der Waals surface area (Å²) in [5.74, 6) is -1.64. The molecular weight excluding hydrogens is 312 g/mol. The van der Waals surface area contributed by atoms with Crippen molar-refractivity contribution in [1.29, 1.82) is 0 Å². The molecule has 24 heavy (non-hydrogen) atoms. The number of unbranched alkanes of at least 4 members (excludes halogenated alkanes) is 3. The number of carbonyl (C=O) groups is 3. The van der Waals surface area contributed by atoms with E-state index in [0.717, 1.165) is 25.7 Å². The van der Waals surface area contributed by atoms with Crippen LogP contribution in [0.4, 0.5) is 0 Å². The zero-order chi connectivity index (χ0) is 17.9. The first-order chi connectivity index (χ1) is 11.5. The summed E-state index contributed by atoms with van der Waals surface area (Å²) in [5.41, 5.74) is 5.71. The Labute approximate surface area is 141 Å². The van der Waals surface area contributed by atoms with Gasteiger partial charge in [0.2, 0.25) is 11.8 Å². The highest BCUT2D eigenvalue weighted by Gasteiger charge is 2.21. The first kappa shape index (κ1) is 19.8. The first-order valence-corrected chi connectivity index (χ1v) is 8.26. The molecule has 0 spiro atoms. The van der Waals surface area contributed by atoms with E-state index in [4.69, 9.17) is 5.73 Å². The largest absolute Gasteiger partial charge is 0.480 e. The number of carboxylic acids is 1. The Balaban J connectivity index is 2.58. The first-order valence-electron chi connectivity index (χ1n) is 8.26. The minimum atomic E-state index is -1.15. The highest BCUT2D eigenvalue weighted by molar-refractivity contribution is 5.83. The topological polar surface area (TPSA) is 127 Å². The van der Waals surface area contributed by atoms with Crippen molar-refractivity contribution < 1.29 is 19.5 Å². The number of carbonyl (C=O) groups excluding carboxylic acids is 2. The van der Waals surface area contributed by atoms with Gasteiger partial charge in [-0.05, 0) is 6.42 Å². The number of nitrogens with zero attached hydrogens (tertiary/aromatic N) is 2. The Bertz CT molecular complexity index is 556. The smallest absolute Gasteiger partial charge is 0.326 e. The molecule has 0 saturated heterocycles. The van der Waals surface area contributed by atoms with Gasteiger partial charge in [0.25, 0.3) is 0 Å². The molecule has 134 valence electrons. The van der Waals surface area contributed by atoms with Gasteiger partial charge in [0, 0.05) is 32.0 Å². The van der Waals surface area contributed by atoms with E-state index in [1.165, 1.54) is 17.1 Å². The summed E-state index contributed by atoms with van der Waals surface area (Å²) in [6.45, 7) is 2.26. The number of aromatic nitrogens is 2. The van der Waals surface area contributed by atoms with Crippen molar-refractivity contribution in [2.45, 2.75) is 57.9 Å². The van der Waals surface area contributed by atoms with Crippen LogP contribution in [-0.4, -0.2) is 45.0 Å². The average Bonchev–Trinajstić information content (AvgIpc) is 2.99. The third-order valence-corrected chi connectivity index (χ3v) is 3.59. The minimum absolute atomic E-state index is 0.0156. The number of amides is 1. The number of aliphatic carboxylic acids is 1. The van der Waals surface area contributed by atoms with Gasteiger partial charge in [0.05, 0.1) is 5.69 Å². The van der Waals surface area contributed by atoms with Gasteiger partial charge in [0.15, 0.2) is 0 Å². The molecule has 0 aromatic carbocycles. The summed E-state index contributed by atoms with van der Waals surface area (Å²) in [5, 5.41) is 11.6. The molecule has 0 aliphatic rings. The molecule has 1 heterocycles. The molecule has 1 aromatic rings. The second kappa shape index (κ2) is 10.5. The van der Waals surface area contributed by atoms with Gasteiger partial charge >= 0.3 is 5.97 Å². The Kier molecular flexibility index (Phi) is 8.70. The van der Waals surface area contributed by atoms with Crippen LogP contribution in [0.5, 0.6) is 0 Å². The van der Waals surface area contributed by atoms with Crippen LogP contribution in [0.3, 0.4) is 0 Å². The Morgan fingerprint density at radius 1 is 1.29 bits per heavy atom. The van der Waals surface area contributed by atoms with Gasteiger partial charge in [-0.25, -0.2) is 9.78 Å².